The van der Waals surface area contributed by atoms with Gasteiger partial charge in [0.1, 0.15) is 11.5 Å². The molecule has 2 aromatic rings. The maximum absolute atomic E-state index is 12.0. The summed E-state index contributed by atoms with van der Waals surface area (Å²) >= 11 is 5.98. The Morgan fingerprint density at radius 1 is 1.12 bits per heavy atom. The van der Waals surface area contributed by atoms with Crippen LogP contribution in [0.1, 0.15) is 11.1 Å². The highest BCUT2D eigenvalue weighted by Crippen LogP contribution is 2.23. The van der Waals surface area contributed by atoms with Crippen LogP contribution in [0, 0.1) is 6.92 Å². The molecule has 0 fully saturated rings. The van der Waals surface area contributed by atoms with E-state index in [2.05, 4.69) is 15.8 Å². The van der Waals surface area contributed by atoms with Gasteiger partial charge in [0.15, 0.2) is 0 Å². The lowest BCUT2D eigenvalue weighted by atomic mass is 10.2. The van der Waals surface area contributed by atoms with Crippen molar-refractivity contribution in [1.82, 2.24) is 5.43 Å². The molecule has 8 heteroatoms. The molecule has 7 nitrogen and oxygen atoms in total. The molecule has 0 saturated carbocycles. The third kappa shape index (κ3) is 4.73. The molecular formula is C18H18ClN3O4. The first-order valence-electron chi connectivity index (χ1n) is 7.57. The van der Waals surface area contributed by atoms with Gasteiger partial charge in [0.25, 0.3) is 0 Å². The van der Waals surface area contributed by atoms with Gasteiger partial charge < -0.3 is 14.8 Å². The maximum atomic E-state index is 12.0. The Bertz CT molecular complexity index is 852. The van der Waals surface area contributed by atoms with E-state index in [1.165, 1.54) is 20.4 Å². The van der Waals surface area contributed by atoms with Gasteiger partial charge in [-0.15, -0.1) is 0 Å². The number of hydrogen-bond acceptors (Lipinski definition) is 5. The van der Waals surface area contributed by atoms with Crippen LogP contribution < -0.4 is 20.2 Å². The zero-order chi connectivity index (χ0) is 19.1. The average molecular weight is 376 g/mol. The van der Waals surface area contributed by atoms with Crippen molar-refractivity contribution in [2.45, 2.75) is 6.92 Å². The fourth-order valence-electron chi connectivity index (χ4n) is 2.07. The fourth-order valence-corrected chi connectivity index (χ4v) is 2.25. The number of halogens is 1. The molecule has 2 rings (SSSR count). The van der Waals surface area contributed by atoms with Gasteiger partial charge in [0.05, 0.1) is 20.4 Å². The lowest BCUT2D eigenvalue weighted by Crippen LogP contribution is -2.32. The molecule has 0 radical (unpaired) electrons. The van der Waals surface area contributed by atoms with Gasteiger partial charge in [0, 0.05) is 16.3 Å². The van der Waals surface area contributed by atoms with Crippen LogP contribution in [0.5, 0.6) is 11.5 Å². The molecule has 0 heterocycles. The summed E-state index contributed by atoms with van der Waals surface area (Å²) in [5.41, 5.74) is 3.87. The Balaban J connectivity index is 2.03. The minimum Gasteiger partial charge on any atom is -0.497 e. The van der Waals surface area contributed by atoms with Gasteiger partial charge in [-0.25, -0.2) is 5.43 Å². The van der Waals surface area contributed by atoms with E-state index in [1.807, 2.05) is 0 Å². The smallest absolute Gasteiger partial charge is 0.329 e. The molecule has 0 unspecified atom stereocenters. The molecule has 0 aliphatic carbocycles. The van der Waals surface area contributed by atoms with Crippen molar-refractivity contribution in [1.29, 1.82) is 0 Å². The van der Waals surface area contributed by atoms with E-state index in [1.54, 1.807) is 43.3 Å². The summed E-state index contributed by atoms with van der Waals surface area (Å²) < 4.78 is 10.3. The van der Waals surface area contributed by atoms with E-state index in [0.29, 0.717) is 33.3 Å². The Morgan fingerprint density at radius 2 is 1.88 bits per heavy atom. The highest BCUT2D eigenvalue weighted by Gasteiger charge is 2.14. The van der Waals surface area contributed by atoms with Crippen molar-refractivity contribution in [3.05, 3.63) is 52.5 Å². The van der Waals surface area contributed by atoms with Gasteiger partial charge >= 0.3 is 11.8 Å². The molecule has 2 amide bonds. The summed E-state index contributed by atoms with van der Waals surface area (Å²) in [6, 6.07) is 10.1. The van der Waals surface area contributed by atoms with Gasteiger partial charge in [-0.1, -0.05) is 17.7 Å². The van der Waals surface area contributed by atoms with E-state index in [-0.39, 0.29) is 0 Å². The monoisotopic (exact) mass is 375 g/mol. The predicted molar refractivity (Wildman–Crippen MR) is 100 cm³/mol. The number of hydrazone groups is 1. The van der Waals surface area contributed by atoms with Crippen LogP contribution in [0.2, 0.25) is 5.02 Å². The Labute approximate surface area is 155 Å². The van der Waals surface area contributed by atoms with Crippen molar-refractivity contribution in [3.63, 3.8) is 0 Å². The zero-order valence-electron chi connectivity index (χ0n) is 14.5. The van der Waals surface area contributed by atoms with Crippen molar-refractivity contribution < 1.29 is 19.1 Å². The summed E-state index contributed by atoms with van der Waals surface area (Å²) in [5, 5.41) is 6.76. The minimum atomic E-state index is -0.914. The highest BCUT2D eigenvalue weighted by atomic mass is 35.5. The number of methoxy groups -OCH3 is 2. The first-order chi connectivity index (χ1) is 12.5. The summed E-state index contributed by atoms with van der Waals surface area (Å²) in [5.74, 6) is -0.622. The molecule has 0 bridgehead atoms. The number of carbonyl (C=O) groups excluding carboxylic acids is 2. The second-order valence-corrected chi connectivity index (χ2v) is 5.58. The Kier molecular flexibility index (Phi) is 6.57. The maximum Gasteiger partial charge on any atom is 0.329 e. The lowest BCUT2D eigenvalue weighted by molar-refractivity contribution is -0.136. The number of ether oxygens (including phenoxy) is 2. The number of nitrogens with one attached hydrogen (secondary N) is 2. The second-order valence-electron chi connectivity index (χ2n) is 5.17. The van der Waals surface area contributed by atoms with Crippen molar-refractivity contribution >= 4 is 35.3 Å². The zero-order valence-corrected chi connectivity index (χ0v) is 15.3. The van der Waals surface area contributed by atoms with E-state index < -0.39 is 11.8 Å². The van der Waals surface area contributed by atoms with Crippen LogP contribution in [0.3, 0.4) is 0 Å². The summed E-state index contributed by atoms with van der Waals surface area (Å²) in [6.07, 6.45) is 1.36. The third-order valence-electron chi connectivity index (χ3n) is 3.53. The summed E-state index contributed by atoms with van der Waals surface area (Å²) in [6.45, 7) is 1.74. The van der Waals surface area contributed by atoms with Crippen LogP contribution in [-0.2, 0) is 9.59 Å². The average Bonchev–Trinajstić information content (AvgIpc) is 2.65. The first-order valence-corrected chi connectivity index (χ1v) is 7.95. The number of carbonyl (C=O) groups is 2. The predicted octanol–water partition coefficient (Wildman–Crippen LogP) is 2.75. The van der Waals surface area contributed by atoms with Gasteiger partial charge in [-0.2, -0.15) is 5.10 Å². The topological polar surface area (TPSA) is 89.0 Å². The number of hydrogen-bond donors (Lipinski definition) is 2. The van der Waals surface area contributed by atoms with E-state index in [4.69, 9.17) is 21.1 Å². The Morgan fingerprint density at radius 3 is 2.58 bits per heavy atom. The normalized spacial score (nSPS) is 10.5. The van der Waals surface area contributed by atoms with Crippen LogP contribution in [0.25, 0.3) is 0 Å². The van der Waals surface area contributed by atoms with Crippen LogP contribution in [-0.4, -0.2) is 32.2 Å². The van der Waals surface area contributed by atoms with Crippen LogP contribution in [0.15, 0.2) is 41.5 Å². The second kappa shape index (κ2) is 8.87. The van der Waals surface area contributed by atoms with Crippen LogP contribution in [0.4, 0.5) is 5.69 Å². The van der Waals surface area contributed by atoms with E-state index in [9.17, 15) is 9.59 Å². The standard InChI is InChI=1S/C18H18ClN3O4/c1-11-14(19)5-4-6-15(11)21-17(23)18(24)22-20-10-12-9-13(25-2)7-8-16(12)26-3/h4-10H,1-3H3,(H,21,23)(H,22,24)/b20-10-. The molecule has 136 valence electrons. The van der Waals surface area contributed by atoms with Gasteiger partial charge in [0.2, 0.25) is 0 Å². The largest absolute Gasteiger partial charge is 0.497 e. The summed E-state index contributed by atoms with van der Waals surface area (Å²) in [7, 11) is 3.05. The number of amides is 2. The highest BCUT2D eigenvalue weighted by molar-refractivity contribution is 6.40. The molecule has 2 aromatic carbocycles. The molecule has 2 N–H and O–H groups in total. The third-order valence-corrected chi connectivity index (χ3v) is 3.94. The Hall–Kier alpha value is -3.06. The number of nitrogens with zero attached hydrogens (tertiary/aromatic N) is 1. The summed E-state index contributed by atoms with van der Waals surface area (Å²) in [4.78, 5) is 23.8. The molecular weight excluding hydrogens is 358 g/mol. The molecule has 0 spiro atoms. The van der Waals surface area contributed by atoms with Crippen molar-refractivity contribution in [3.8, 4) is 11.5 Å². The van der Waals surface area contributed by atoms with Crippen molar-refractivity contribution in [2.24, 2.45) is 5.10 Å². The molecule has 0 aliphatic rings. The quantitative estimate of drug-likeness (QED) is 0.477. The van der Waals surface area contributed by atoms with Crippen molar-refractivity contribution in [2.75, 3.05) is 19.5 Å². The molecule has 26 heavy (non-hydrogen) atoms. The number of rotatable bonds is 5. The van der Waals surface area contributed by atoms with Crippen LogP contribution >= 0.6 is 11.6 Å². The van der Waals surface area contributed by atoms with Gasteiger partial charge in [-0.3, -0.25) is 9.59 Å². The number of benzene rings is 2. The molecule has 0 aromatic heterocycles. The van der Waals surface area contributed by atoms with E-state index >= 15 is 0 Å². The SMILES string of the molecule is COc1ccc(OC)c(/C=N\NC(=O)C(=O)Nc2cccc(Cl)c2C)c1. The molecule has 0 aliphatic heterocycles. The molecule has 0 atom stereocenters. The number of anilines is 1. The lowest BCUT2D eigenvalue weighted by Gasteiger charge is -2.08. The van der Waals surface area contributed by atoms with Gasteiger partial charge in [-0.05, 0) is 42.8 Å². The first kappa shape index (κ1) is 19.3. The van der Waals surface area contributed by atoms with E-state index in [0.717, 1.165) is 0 Å². The minimum absolute atomic E-state index is 0.455. The molecule has 0 saturated heterocycles. The fraction of sp³-hybridized carbons (Fsp3) is 0.167.